The smallest absolute Gasteiger partial charge is 0.133 e. The summed E-state index contributed by atoms with van der Waals surface area (Å²) >= 11 is 9.10. The fourth-order valence-corrected chi connectivity index (χ4v) is 1.77. The maximum absolute atomic E-state index is 11.8. The maximum Gasteiger partial charge on any atom is 0.133 e. The summed E-state index contributed by atoms with van der Waals surface area (Å²) in [4.78, 5) is 0. The van der Waals surface area contributed by atoms with Gasteiger partial charge in [0, 0.05) is 5.02 Å². The van der Waals surface area contributed by atoms with Crippen LogP contribution in [0.5, 0.6) is 5.75 Å². The standard InChI is InChI=1S/C10H11BrClFO/c11-9-7-8(12)3-4-10(9)14-6-2-1-5-13/h3-4,7H,1-2,5-6H2. The molecule has 0 aliphatic heterocycles. The highest BCUT2D eigenvalue weighted by Crippen LogP contribution is 2.27. The molecule has 1 nitrogen and oxygen atoms in total. The molecule has 0 radical (unpaired) electrons. The summed E-state index contributed by atoms with van der Waals surface area (Å²) in [6.45, 7) is 0.245. The fraction of sp³-hybridized carbons (Fsp3) is 0.400. The van der Waals surface area contributed by atoms with Gasteiger partial charge in [0.25, 0.3) is 0 Å². The Morgan fingerprint density at radius 3 is 2.79 bits per heavy atom. The highest BCUT2D eigenvalue weighted by molar-refractivity contribution is 9.10. The van der Waals surface area contributed by atoms with Crippen LogP contribution in [0.1, 0.15) is 12.8 Å². The summed E-state index contributed by atoms with van der Waals surface area (Å²) in [6.07, 6.45) is 1.27. The first-order chi connectivity index (χ1) is 6.74. The molecule has 0 saturated carbocycles. The second-order valence-corrected chi connectivity index (χ2v) is 4.11. The van der Waals surface area contributed by atoms with Crippen LogP contribution in [0.15, 0.2) is 22.7 Å². The SMILES string of the molecule is FCCCCOc1ccc(Cl)cc1Br. The lowest BCUT2D eigenvalue weighted by atomic mass is 10.3. The summed E-state index contributed by atoms with van der Waals surface area (Å²) in [5.41, 5.74) is 0. The lowest BCUT2D eigenvalue weighted by molar-refractivity contribution is 0.296. The Bertz CT molecular complexity index is 293. The van der Waals surface area contributed by atoms with Crippen molar-refractivity contribution < 1.29 is 9.13 Å². The summed E-state index contributed by atoms with van der Waals surface area (Å²) < 4.78 is 18.0. The molecule has 4 heteroatoms. The van der Waals surface area contributed by atoms with Gasteiger partial charge in [0.2, 0.25) is 0 Å². The van der Waals surface area contributed by atoms with Gasteiger partial charge in [-0.1, -0.05) is 11.6 Å². The van der Waals surface area contributed by atoms with E-state index in [0.717, 1.165) is 16.6 Å². The number of rotatable bonds is 5. The largest absolute Gasteiger partial charge is 0.492 e. The van der Waals surface area contributed by atoms with Gasteiger partial charge in [0.15, 0.2) is 0 Å². The van der Waals surface area contributed by atoms with E-state index in [1.54, 1.807) is 18.2 Å². The van der Waals surface area contributed by atoms with Crippen LogP contribution in [0.2, 0.25) is 5.02 Å². The van der Waals surface area contributed by atoms with Gasteiger partial charge in [-0.15, -0.1) is 0 Å². The average molecular weight is 282 g/mol. The van der Waals surface area contributed by atoms with E-state index >= 15 is 0 Å². The second-order valence-electron chi connectivity index (χ2n) is 2.82. The molecule has 0 spiro atoms. The first-order valence-electron chi connectivity index (χ1n) is 4.38. The Balaban J connectivity index is 2.42. The summed E-state index contributed by atoms with van der Waals surface area (Å²) in [5, 5.41) is 0.660. The number of hydrogen-bond donors (Lipinski definition) is 0. The van der Waals surface area contributed by atoms with Crippen molar-refractivity contribution in [3.63, 3.8) is 0 Å². The molecule has 0 bridgehead atoms. The molecule has 0 amide bonds. The third-order valence-corrected chi connectivity index (χ3v) is 2.53. The van der Waals surface area contributed by atoms with E-state index in [2.05, 4.69) is 15.9 Å². The van der Waals surface area contributed by atoms with Gasteiger partial charge in [-0.05, 0) is 47.0 Å². The third kappa shape index (κ3) is 3.84. The third-order valence-electron chi connectivity index (χ3n) is 1.68. The van der Waals surface area contributed by atoms with Crippen LogP contribution in [-0.2, 0) is 0 Å². The maximum atomic E-state index is 11.8. The van der Waals surface area contributed by atoms with Crippen LogP contribution < -0.4 is 4.74 Å². The van der Waals surface area contributed by atoms with Crippen molar-refractivity contribution in [3.05, 3.63) is 27.7 Å². The van der Waals surface area contributed by atoms with Crippen LogP contribution in [0.4, 0.5) is 4.39 Å². The van der Waals surface area contributed by atoms with Crippen LogP contribution in [0.25, 0.3) is 0 Å². The minimum atomic E-state index is -0.287. The van der Waals surface area contributed by atoms with Gasteiger partial charge >= 0.3 is 0 Å². The minimum Gasteiger partial charge on any atom is -0.492 e. The summed E-state index contributed by atoms with van der Waals surface area (Å²) in [7, 11) is 0. The van der Waals surface area contributed by atoms with Gasteiger partial charge in [0.1, 0.15) is 5.75 Å². The molecule has 0 N–H and O–H groups in total. The number of halogens is 3. The van der Waals surface area contributed by atoms with Gasteiger partial charge in [-0.3, -0.25) is 4.39 Å². The summed E-state index contributed by atoms with van der Waals surface area (Å²) in [5.74, 6) is 0.744. The van der Waals surface area contributed by atoms with Gasteiger partial charge in [-0.25, -0.2) is 0 Å². The van der Waals surface area contributed by atoms with Crippen molar-refractivity contribution in [1.82, 2.24) is 0 Å². The van der Waals surface area contributed by atoms with Crippen molar-refractivity contribution in [1.29, 1.82) is 0 Å². The highest BCUT2D eigenvalue weighted by atomic mass is 79.9. The monoisotopic (exact) mass is 280 g/mol. The van der Waals surface area contributed by atoms with Crippen molar-refractivity contribution in [2.75, 3.05) is 13.3 Å². The number of benzene rings is 1. The normalized spacial score (nSPS) is 10.2. The molecule has 0 aliphatic carbocycles. The zero-order valence-corrected chi connectivity index (χ0v) is 9.94. The fourth-order valence-electron chi connectivity index (χ4n) is 0.971. The van der Waals surface area contributed by atoms with E-state index in [-0.39, 0.29) is 6.67 Å². The van der Waals surface area contributed by atoms with Gasteiger partial charge < -0.3 is 4.74 Å². The first kappa shape index (κ1) is 11.8. The molecule has 0 heterocycles. The molecular weight excluding hydrogens is 270 g/mol. The van der Waals surface area contributed by atoms with E-state index in [9.17, 15) is 4.39 Å². The first-order valence-corrected chi connectivity index (χ1v) is 5.55. The number of unbranched alkanes of at least 4 members (excludes halogenated alkanes) is 1. The van der Waals surface area contributed by atoms with Crippen LogP contribution in [-0.4, -0.2) is 13.3 Å². The highest BCUT2D eigenvalue weighted by Gasteiger charge is 2.00. The van der Waals surface area contributed by atoms with E-state index in [1.165, 1.54) is 0 Å². The van der Waals surface area contributed by atoms with Crippen molar-refractivity contribution in [2.45, 2.75) is 12.8 Å². The molecule has 0 saturated heterocycles. The van der Waals surface area contributed by atoms with Crippen LogP contribution in [0, 0.1) is 0 Å². The Hall–Kier alpha value is -0.280. The van der Waals surface area contributed by atoms with Gasteiger partial charge in [-0.2, -0.15) is 0 Å². The minimum absolute atomic E-state index is 0.287. The second kappa shape index (κ2) is 6.25. The topological polar surface area (TPSA) is 9.23 Å². The van der Waals surface area contributed by atoms with E-state index in [4.69, 9.17) is 16.3 Å². The molecule has 14 heavy (non-hydrogen) atoms. The lowest BCUT2D eigenvalue weighted by Gasteiger charge is -2.07. The number of alkyl halides is 1. The zero-order chi connectivity index (χ0) is 10.4. The quantitative estimate of drug-likeness (QED) is 0.734. The van der Waals surface area contributed by atoms with E-state index in [1.807, 2.05) is 0 Å². The zero-order valence-electron chi connectivity index (χ0n) is 7.60. The molecule has 0 fully saturated rings. The predicted octanol–water partition coefficient (Wildman–Crippen LogP) is 4.23. The lowest BCUT2D eigenvalue weighted by Crippen LogP contribution is -1.98. The Labute approximate surface area is 96.3 Å². The molecule has 0 atom stereocenters. The van der Waals surface area contributed by atoms with E-state index in [0.29, 0.717) is 18.1 Å². The van der Waals surface area contributed by atoms with Crippen molar-refractivity contribution >= 4 is 27.5 Å². The van der Waals surface area contributed by atoms with Crippen LogP contribution >= 0.6 is 27.5 Å². The molecule has 0 unspecified atom stereocenters. The predicted molar refractivity (Wildman–Crippen MR) is 59.9 cm³/mol. The molecule has 0 aliphatic rings. The van der Waals surface area contributed by atoms with Crippen molar-refractivity contribution in [3.8, 4) is 5.75 Å². The number of ether oxygens (including phenoxy) is 1. The molecular formula is C10H11BrClFO. The molecule has 0 aromatic heterocycles. The Morgan fingerprint density at radius 1 is 1.36 bits per heavy atom. The Kier molecular flexibility index (Phi) is 5.26. The number of hydrogen-bond acceptors (Lipinski definition) is 1. The van der Waals surface area contributed by atoms with Crippen molar-refractivity contribution in [2.24, 2.45) is 0 Å². The van der Waals surface area contributed by atoms with Gasteiger partial charge in [0.05, 0.1) is 17.8 Å². The molecule has 1 aromatic rings. The molecule has 78 valence electrons. The van der Waals surface area contributed by atoms with E-state index < -0.39 is 0 Å². The average Bonchev–Trinajstić information content (AvgIpc) is 2.15. The summed E-state index contributed by atoms with van der Waals surface area (Å²) in [6, 6.07) is 5.32. The van der Waals surface area contributed by atoms with Crippen LogP contribution in [0.3, 0.4) is 0 Å². The Morgan fingerprint density at radius 2 is 2.14 bits per heavy atom. The molecule has 1 aromatic carbocycles. The molecule has 1 rings (SSSR count).